The molecule has 0 aliphatic carbocycles. The monoisotopic (exact) mass is 166 g/mol. The van der Waals surface area contributed by atoms with E-state index in [-0.39, 0.29) is 0 Å². The van der Waals surface area contributed by atoms with Gasteiger partial charge >= 0.3 is 0 Å². The molecule has 12 heavy (non-hydrogen) atoms. The molecule has 1 aromatic heterocycles. The summed E-state index contributed by atoms with van der Waals surface area (Å²) in [6.45, 7) is 5.34. The summed E-state index contributed by atoms with van der Waals surface area (Å²) in [5, 5.41) is 0. The number of aromatic nitrogens is 1. The SMILES string of the molecule is CCNOCc1ccc(C)cn1. The summed E-state index contributed by atoms with van der Waals surface area (Å²) >= 11 is 0. The number of nitrogens with zero attached hydrogens (tertiary/aromatic N) is 1. The van der Waals surface area contributed by atoms with Crippen molar-refractivity contribution in [2.75, 3.05) is 6.54 Å². The van der Waals surface area contributed by atoms with Gasteiger partial charge in [-0.05, 0) is 18.6 Å². The molecule has 0 saturated heterocycles. The van der Waals surface area contributed by atoms with E-state index in [9.17, 15) is 0 Å². The summed E-state index contributed by atoms with van der Waals surface area (Å²) in [7, 11) is 0. The predicted octanol–water partition coefficient (Wildman–Crippen LogP) is 1.43. The van der Waals surface area contributed by atoms with Crippen molar-refractivity contribution in [3.8, 4) is 0 Å². The van der Waals surface area contributed by atoms with Gasteiger partial charge in [0.1, 0.15) is 6.61 Å². The predicted molar refractivity (Wildman–Crippen MR) is 47.4 cm³/mol. The number of pyridine rings is 1. The quantitative estimate of drug-likeness (QED) is 0.542. The molecule has 1 aromatic rings. The molecule has 0 amide bonds. The zero-order valence-corrected chi connectivity index (χ0v) is 7.50. The Labute approximate surface area is 72.7 Å². The fraction of sp³-hybridized carbons (Fsp3) is 0.444. The van der Waals surface area contributed by atoms with Crippen LogP contribution in [-0.2, 0) is 11.4 Å². The third-order valence-electron chi connectivity index (χ3n) is 1.44. The van der Waals surface area contributed by atoms with Gasteiger partial charge in [-0.25, -0.2) is 5.48 Å². The molecule has 0 unspecified atom stereocenters. The maximum Gasteiger partial charge on any atom is 0.110 e. The van der Waals surface area contributed by atoms with Crippen molar-refractivity contribution < 1.29 is 4.84 Å². The van der Waals surface area contributed by atoms with Crippen molar-refractivity contribution >= 4 is 0 Å². The Hall–Kier alpha value is -0.930. The van der Waals surface area contributed by atoms with Crippen LogP contribution in [0.25, 0.3) is 0 Å². The van der Waals surface area contributed by atoms with Gasteiger partial charge in [0, 0.05) is 12.7 Å². The van der Waals surface area contributed by atoms with E-state index in [0.29, 0.717) is 6.61 Å². The van der Waals surface area contributed by atoms with Crippen molar-refractivity contribution in [2.45, 2.75) is 20.5 Å². The lowest BCUT2D eigenvalue weighted by Gasteiger charge is -2.02. The molecule has 1 rings (SSSR count). The Morgan fingerprint density at radius 1 is 1.50 bits per heavy atom. The second-order valence-corrected chi connectivity index (χ2v) is 2.61. The molecule has 66 valence electrons. The first kappa shape index (κ1) is 9.16. The van der Waals surface area contributed by atoms with Crippen molar-refractivity contribution in [1.82, 2.24) is 10.5 Å². The van der Waals surface area contributed by atoms with E-state index < -0.39 is 0 Å². The number of nitrogens with one attached hydrogen (secondary N) is 1. The first-order valence-corrected chi connectivity index (χ1v) is 4.09. The second kappa shape index (κ2) is 4.85. The zero-order valence-electron chi connectivity index (χ0n) is 7.50. The van der Waals surface area contributed by atoms with Crippen LogP contribution in [-0.4, -0.2) is 11.5 Å². The minimum Gasteiger partial charge on any atom is -0.295 e. The van der Waals surface area contributed by atoms with Gasteiger partial charge < -0.3 is 0 Å². The number of aryl methyl sites for hydroxylation is 1. The average Bonchev–Trinajstić information content (AvgIpc) is 2.09. The molecular weight excluding hydrogens is 152 g/mol. The summed E-state index contributed by atoms with van der Waals surface area (Å²) < 4.78 is 0. The van der Waals surface area contributed by atoms with Gasteiger partial charge in [0.25, 0.3) is 0 Å². The third kappa shape index (κ3) is 2.98. The number of hydrogen-bond acceptors (Lipinski definition) is 3. The van der Waals surface area contributed by atoms with Crippen LogP contribution < -0.4 is 5.48 Å². The molecule has 0 atom stereocenters. The van der Waals surface area contributed by atoms with Crippen molar-refractivity contribution in [3.05, 3.63) is 29.6 Å². The minimum absolute atomic E-state index is 0.522. The Morgan fingerprint density at radius 3 is 2.92 bits per heavy atom. The fourth-order valence-electron chi connectivity index (χ4n) is 0.811. The maximum absolute atomic E-state index is 5.10. The van der Waals surface area contributed by atoms with Crippen LogP contribution in [0.4, 0.5) is 0 Å². The highest BCUT2D eigenvalue weighted by atomic mass is 16.6. The zero-order chi connectivity index (χ0) is 8.81. The molecular formula is C9H14N2O. The highest BCUT2D eigenvalue weighted by Crippen LogP contribution is 1.98. The molecule has 0 aliphatic rings. The van der Waals surface area contributed by atoms with Gasteiger partial charge in [-0.15, -0.1) is 0 Å². The van der Waals surface area contributed by atoms with Crippen molar-refractivity contribution in [1.29, 1.82) is 0 Å². The van der Waals surface area contributed by atoms with Crippen molar-refractivity contribution in [3.63, 3.8) is 0 Å². The Balaban J connectivity index is 2.37. The molecule has 0 aromatic carbocycles. The average molecular weight is 166 g/mol. The molecule has 0 spiro atoms. The van der Waals surface area contributed by atoms with Gasteiger partial charge in [-0.3, -0.25) is 9.82 Å². The van der Waals surface area contributed by atoms with E-state index in [0.717, 1.165) is 12.2 Å². The molecule has 0 aliphatic heterocycles. The summed E-state index contributed by atoms with van der Waals surface area (Å²) in [5.41, 5.74) is 4.89. The Kier molecular flexibility index (Phi) is 3.70. The van der Waals surface area contributed by atoms with Crippen LogP contribution in [0, 0.1) is 6.92 Å². The van der Waals surface area contributed by atoms with E-state index in [1.807, 2.05) is 32.2 Å². The van der Waals surface area contributed by atoms with Gasteiger partial charge in [0.15, 0.2) is 0 Å². The standard InChI is InChI=1S/C9H14N2O/c1-3-11-12-7-9-5-4-8(2)6-10-9/h4-6,11H,3,7H2,1-2H3. The van der Waals surface area contributed by atoms with Crippen LogP contribution in [0.15, 0.2) is 18.3 Å². The number of hydrogen-bond donors (Lipinski definition) is 1. The van der Waals surface area contributed by atoms with E-state index in [1.54, 1.807) is 0 Å². The third-order valence-corrected chi connectivity index (χ3v) is 1.44. The van der Waals surface area contributed by atoms with Crippen LogP contribution in [0.3, 0.4) is 0 Å². The molecule has 0 saturated carbocycles. The van der Waals surface area contributed by atoms with Gasteiger partial charge in [-0.1, -0.05) is 13.0 Å². The van der Waals surface area contributed by atoms with E-state index in [1.165, 1.54) is 5.56 Å². The second-order valence-electron chi connectivity index (χ2n) is 2.61. The molecule has 0 bridgehead atoms. The molecule has 1 N–H and O–H groups in total. The van der Waals surface area contributed by atoms with E-state index in [4.69, 9.17) is 4.84 Å². The number of rotatable bonds is 4. The highest BCUT2D eigenvalue weighted by molar-refractivity contribution is 5.11. The minimum atomic E-state index is 0.522. The Bertz CT molecular complexity index is 220. The lowest BCUT2D eigenvalue weighted by atomic mass is 10.3. The van der Waals surface area contributed by atoms with Crippen LogP contribution in [0.5, 0.6) is 0 Å². The lowest BCUT2D eigenvalue weighted by Crippen LogP contribution is -2.13. The molecule has 0 fully saturated rings. The molecule has 3 nitrogen and oxygen atoms in total. The van der Waals surface area contributed by atoms with Gasteiger partial charge in [0.2, 0.25) is 0 Å². The van der Waals surface area contributed by atoms with E-state index >= 15 is 0 Å². The fourth-order valence-corrected chi connectivity index (χ4v) is 0.811. The summed E-state index contributed by atoms with van der Waals surface area (Å²) in [6.07, 6.45) is 1.84. The van der Waals surface area contributed by atoms with Crippen LogP contribution >= 0.6 is 0 Å². The first-order chi connectivity index (χ1) is 5.83. The topological polar surface area (TPSA) is 34.1 Å². The normalized spacial score (nSPS) is 10.2. The first-order valence-electron chi connectivity index (χ1n) is 4.09. The van der Waals surface area contributed by atoms with Crippen LogP contribution in [0.2, 0.25) is 0 Å². The lowest BCUT2D eigenvalue weighted by molar-refractivity contribution is 0.0295. The molecule has 1 heterocycles. The summed E-state index contributed by atoms with van der Waals surface area (Å²) in [5.74, 6) is 0. The molecule has 3 heteroatoms. The number of hydroxylamine groups is 1. The maximum atomic E-state index is 5.10. The molecule has 0 radical (unpaired) electrons. The highest BCUT2D eigenvalue weighted by Gasteiger charge is 1.92. The smallest absolute Gasteiger partial charge is 0.110 e. The Morgan fingerprint density at radius 2 is 2.33 bits per heavy atom. The van der Waals surface area contributed by atoms with Gasteiger partial charge in [0.05, 0.1) is 5.69 Å². The largest absolute Gasteiger partial charge is 0.295 e. The van der Waals surface area contributed by atoms with Crippen molar-refractivity contribution in [2.24, 2.45) is 0 Å². The van der Waals surface area contributed by atoms with Gasteiger partial charge in [-0.2, -0.15) is 0 Å². The summed E-state index contributed by atoms with van der Waals surface area (Å²) in [4.78, 5) is 9.28. The summed E-state index contributed by atoms with van der Waals surface area (Å²) in [6, 6.07) is 3.99. The van der Waals surface area contributed by atoms with Crippen LogP contribution in [0.1, 0.15) is 18.2 Å². The van der Waals surface area contributed by atoms with E-state index in [2.05, 4.69) is 10.5 Å².